The number of ether oxygens (including phenoxy) is 1. The zero-order chi connectivity index (χ0) is 18.7. The molecule has 1 aliphatic rings. The van der Waals surface area contributed by atoms with Gasteiger partial charge in [-0.3, -0.25) is 0 Å². The first-order chi connectivity index (χ1) is 12.4. The Morgan fingerprint density at radius 1 is 1.26 bits per heavy atom. The molecule has 1 fully saturated rings. The quantitative estimate of drug-likeness (QED) is 0.706. The molecule has 1 saturated carbocycles. The molecule has 1 aliphatic carbocycles. The summed E-state index contributed by atoms with van der Waals surface area (Å²) in [6, 6.07) is 6.56. The normalized spacial score (nSPS) is 14.8. The SMILES string of the molecule is Cl.NC/C(=C\F)COc1ccc(-c2nc(C3CC3)n(CC(F)(F)F)n2)cc1. The molecule has 0 unspecified atom stereocenters. The van der Waals surface area contributed by atoms with Gasteiger partial charge >= 0.3 is 6.18 Å². The van der Waals surface area contributed by atoms with E-state index in [9.17, 15) is 17.6 Å². The zero-order valence-corrected chi connectivity index (χ0v) is 15.1. The van der Waals surface area contributed by atoms with Crippen molar-refractivity contribution in [3.63, 3.8) is 0 Å². The van der Waals surface area contributed by atoms with E-state index in [0.717, 1.165) is 17.5 Å². The fourth-order valence-electron chi connectivity index (χ4n) is 2.42. The number of hydrogen-bond acceptors (Lipinski definition) is 4. The molecule has 27 heavy (non-hydrogen) atoms. The van der Waals surface area contributed by atoms with Gasteiger partial charge in [0.2, 0.25) is 0 Å². The Labute approximate surface area is 159 Å². The molecule has 1 heterocycles. The van der Waals surface area contributed by atoms with Gasteiger partial charge in [0.25, 0.3) is 0 Å². The van der Waals surface area contributed by atoms with E-state index in [2.05, 4.69) is 10.1 Å². The largest absolute Gasteiger partial charge is 0.489 e. The van der Waals surface area contributed by atoms with E-state index in [1.54, 1.807) is 24.3 Å². The second-order valence-electron chi connectivity index (χ2n) is 6.13. The third-order valence-electron chi connectivity index (χ3n) is 3.93. The molecule has 2 aromatic rings. The lowest BCUT2D eigenvalue weighted by Gasteiger charge is -2.08. The molecule has 148 valence electrons. The number of nitrogens with zero attached hydrogens (tertiary/aromatic N) is 3. The summed E-state index contributed by atoms with van der Waals surface area (Å²) in [5, 5.41) is 4.03. The topological polar surface area (TPSA) is 66.0 Å². The first kappa shape index (κ1) is 21.2. The first-order valence-electron chi connectivity index (χ1n) is 8.12. The lowest BCUT2D eigenvalue weighted by molar-refractivity contribution is -0.143. The van der Waals surface area contributed by atoms with Gasteiger partial charge in [-0.25, -0.2) is 14.1 Å². The molecule has 0 bridgehead atoms. The van der Waals surface area contributed by atoms with E-state index >= 15 is 0 Å². The standard InChI is InChI=1S/C17H18F4N4O.ClH/c18-7-11(8-22)9-26-14-5-3-12(4-6-14)15-23-16(13-1-2-13)25(24-15)10-17(19,20)21;/h3-7,13H,1-2,8-10,22H2;1H/b11-7+;. The molecule has 3 rings (SSSR count). The average molecular weight is 407 g/mol. The summed E-state index contributed by atoms with van der Waals surface area (Å²) in [6.45, 7) is -1.07. The van der Waals surface area contributed by atoms with Gasteiger partial charge in [-0.05, 0) is 37.1 Å². The maximum atomic E-state index is 12.7. The van der Waals surface area contributed by atoms with Gasteiger partial charge in [-0.1, -0.05) is 0 Å². The van der Waals surface area contributed by atoms with E-state index in [4.69, 9.17) is 10.5 Å². The van der Waals surface area contributed by atoms with Crippen LogP contribution in [0, 0.1) is 0 Å². The third-order valence-corrected chi connectivity index (χ3v) is 3.93. The van der Waals surface area contributed by atoms with Crippen molar-refractivity contribution >= 4 is 12.4 Å². The number of hydrogen-bond donors (Lipinski definition) is 1. The number of benzene rings is 1. The van der Waals surface area contributed by atoms with Crippen molar-refractivity contribution in [3.8, 4) is 17.1 Å². The smallest absolute Gasteiger partial charge is 0.408 e. The number of alkyl halides is 3. The molecule has 0 atom stereocenters. The van der Waals surface area contributed by atoms with Crippen molar-refractivity contribution in [2.45, 2.75) is 31.5 Å². The summed E-state index contributed by atoms with van der Waals surface area (Å²) < 4.78 is 57.0. The van der Waals surface area contributed by atoms with E-state index < -0.39 is 12.7 Å². The summed E-state index contributed by atoms with van der Waals surface area (Å²) in [4.78, 5) is 4.29. The fourth-order valence-corrected chi connectivity index (χ4v) is 2.42. The van der Waals surface area contributed by atoms with Crippen LogP contribution in [0.5, 0.6) is 5.75 Å². The molecule has 0 saturated heterocycles. The van der Waals surface area contributed by atoms with Crippen molar-refractivity contribution in [2.75, 3.05) is 13.2 Å². The predicted molar refractivity (Wildman–Crippen MR) is 94.5 cm³/mol. The first-order valence-corrected chi connectivity index (χ1v) is 8.12. The van der Waals surface area contributed by atoms with Crippen LogP contribution in [0.3, 0.4) is 0 Å². The molecule has 0 aliphatic heterocycles. The highest BCUT2D eigenvalue weighted by molar-refractivity contribution is 5.85. The Balaban J connectivity index is 0.00000261. The number of nitrogens with two attached hydrogens (primary N) is 1. The highest BCUT2D eigenvalue weighted by Gasteiger charge is 2.35. The minimum atomic E-state index is -4.35. The van der Waals surface area contributed by atoms with Crippen LogP contribution in [0.15, 0.2) is 36.2 Å². The molecule has 10 heteroatoms. The van der Waals surface area contributed by atoms with E-state index in [0.29, 0.717) is 29.0 Å². The van der Waals surface area contributed by atoms with Crippen LogP contribution >= 0.6 is 12.4 Å². The van der Waals surface area contributed by atoms with Crippen molar-refractivity contribution in [3.05, 3.63) is 42.0 Å². The van der Waals surface area contributed by atoms with Gasteiger partial charge in [-0.15, -0.1) is 12.4 Å². The van der Waals surface area contributed by atoms with E-state index in [1.165, 1.54) is 0 Å². The molecule has 2 N–H and O–H groups in total. The summed E-state index contributed by atoms with van der Waals surface area (Å²) in [5.41, 5.74) is 6.25. The second kappa shape index (κ2) is 8.71. The van der Waals surface area contributed by atoms with Gasteiger partial charge in [0.15, 0.2) is 5.82 Å². The minimum Gasteiger partial charge on any atom is -0.489 e. The van der Waals surface area contributed by atoms with Gasteiger partial charge in [-0.2, -0.15) is 18.3 Å². The van der Waals surface area contributed by atoms with Crippen LogP contribution in [0.1, 0.15) is 24.6 Å². The van der Waals surface area contributed by atoms with E-state index in [-0.39, 0.29) is 37.3 Å². The minimum absolute atomic E-state index is 0. The fraction of sp³-hybridized carbons (Fsp3) is 0.412. The number of halogens is 5. The Morgan fingerprint density at radius 3 is 2.44 bits per heavy atom. The van der Waals surface area contributed by atoms with Crippen LogP contribution in [-0.4, -0.2) is 34.1 Å². The molecule has 0 amide bonds. The van der Waals surface area contributed by atoms with Crippen molar-refractivity contribution in [1.82, 2.24) is 14.8 Å². The Kier molecular flexibility index (Phi) is 6.83. The van der Waals surface area contributed by atoms with Crippen LogP contribution in [-0.2, 0) is 6.54 Å². The number of aromatic nitrogens is 3. The average Bonchev–Trinajstić information content (AvgIpc) is 3.36. The maximum absolute atomic E-state index is 12.7. The van der Waals surface area contributed by atoms with Crippen LogP contribution in [0.2, 0.25) is 0 Å². The lowest BCUT2D eigenvalue weighted by Crippen LogP contribution is -2.20. The van der Waals surface area contributed by atoms with Crippen LogP contribution < -0.4 is 10.5 Å². The third kappa shape index (κ3) is 5.67. The molecule has 1 aromatic heterocycles. The van der Waals surface area contributed by atoms with Crippen molar-refractivity contribution in [1.29, 1.82) is 0 Å². The molecule has 0 spiro atoms. The van der Waals surface area contributed by atoms with Gasteiger partial charge < -0.3 is 10.5 Å². The zero-order valence-electron chi connectivity index (χ0n) is 14.2. The van der Waals surface area contributed by atoms with Gasteiger partial charge in [0, 0.05) is 23.6 Å². The molecule has 1 aromatic carbocycles. The molecule has 0 radical (unpaired) electrons. The Hall–Kier alpha value is -2.13. The van der Waals surface area contributed by atoms with Crippen molar-refractivity contribution in [2.24, 2.45) is 5.73 Å². The summed E-state index contributed by atoms with van der Waals surface area (Å²) in [6.07, 6.45) is -2.29. The van der Waals surface area contributed by atoms with Crippen molar-refractivity contribution < 1.29 is 22.3 Å². The maximum Gasteiger partial charge on any atom is 0.408 e. The summed E-state index contributed by atoms with van der Waals surface area (Å²) in [7, 11) is 0. The lowest BCUT2D eigenvalue weighted by atomic mass is 10.2. The molecular formula is C17H19ClF4N4O. The monoisotopic (exact) mass is 406 g/mol. The second-order valence-corrected chi connectivity index (χ2v) is 6.13. The van der Waals surface area contributed by atoms with Crippen LogP contribution in [0.25, 0.3) is 11.4 Å². The number of rotatable bonds is 7. The highest BCUT2D eigenvalue weighted by Crippen LogP contribution is 2.40. The van der Waals surface area contributed by atoms with Crippen LogP contribution in [0.4, 0.5) is 17.6 Å². The Morgan fingerprint density at radius 2 is 1.93 bits per heavy atom. The molecular weight excluding hydrogens is 388 g/mol. The molecule has 5 nitrogen and oxygen atoms in total. The van der Waals surface area contributed by atoms with Gasteiger partial charge in [0.05, 0.1) is 6.33 Å². The predicted octanol–water partition coefficient (Wildman–Crippen LogP) is 4.00. The Bertz CT molecular complexity index is 785. The van der Waals surface area contributed by atoms with Gasteiger partial charge in [0.1, 0.15) is 24.7 Å². The highest BCUT2D eigenvalue weighted by atomic mass is 35.5. The summed E-state index contributed by atoms with van der Waals surface area (Å²) >= 11 is 0. The van der Waals surface area contributed by atoms with E-state index in [1.807, 2.05) is 0 Å². The summed E-state index contributed by atoms with van der Waals surface area (Å²) in [5.74, 6) is 1.15.